The third kappa shape index (κ3) is 2.03. The van der Waals surface area contributed by atoms with Crippen molar-refractivity contribution in [2.45, 2.75) is 13.8 Å². The third-order valence-corrected chi connectivity index (χ3v) is 3.12. The number of H-pyrrole nitrogens is 1. The number of rotatable bonds is 2. The number of nitrogens with one attached hydrogen (secondary N) is 1. The lowest BCUT2D eigenvalue weighted by atomic mass is 10.0. The number of benzene rings is 1. The Morgan fingerprint density at radius 1 is 1.25 bits per heavy atom. The number of nitro benzene ring substituents is 1. The summed E-state index contributed by atoms with van der Waals surface area (Å²) < 4.78 is 4.83. The summed E-state index contributed by atoms with van der Waals surface area (Å²) in [6, 6.07) is 2.45. The Hall–Kier alpha value is -2.70. The van der Waals surface area contributed by atoms with Crippen LogP contribution in [0.4, 0.5) is 5.69 Å². The number of ether oxygens (including phenoxy) is 1. The quantitative estimate of drug-likeness (QED) is 0.660. The van der Waals surface area contributed by atoms with Crippen molar-refractivity contribution in [3.63, 3.8) is 0 Å². The smallest absolute Gasteiger partial charge is 0.290 e. The molecule has 1 aromatic carbocycles. The molecule has 0 unspecified atom stereocenters. The maximum absolute atomic E-state index is 12.2. The van der Waals surface area contributed by atoms with Crippen LogP contribution in [0.5, 0.6) is 5.75 Å². The monoisotopic (exact) mass is 276 g/mol. The molecular weight excluding hydrogens is 264 g/mol. The van der Waals surface area contributed by atoms with Gasteiger partial charge in [-0.15, -0.1) is 0 Å². The van der Waals surface area contributed by atoms with Gasteiger partial charge in [-0.05, 0) is 19.9 Å². The Labute approximate surface area is 113 Å². The first-order valence-corrected chi connectivity index (χ1v) is 5.76. The average molecular weight is 276 g/mol. The van der Waals surface area contributed by atoms with Crippen molar-refractivity contribution >= 4 is 16.6 Å². The van der Waals surface area contributed by atoms with Crippen LogP contribution in [0.15, 0.2) is 21.7 Å². The van der Waals surface area contributed by atoms with E-state index in [1.54, 1.807) is 6.92 Å². The van der Waals surface area contributed by atoms with Crippen LogP contribution in [-0.4, -0.2) is 17.0 Å². The standard InChI is InChI=1S/C13H12N2O5/c1-6-4-8-11(7(2)12(6)15(18)19)9(16)5-10(20-3)13(17)14-8/h4-5H,1-3H3,(H,14,17). The van der Waals surface area contributed by atoms with Crippen molar-refractivity contribution < 1.29 is 9.66 Å². The number of hydrogen-bond acceptors (Lipinski definition) is 5. The fraction of sp³-hybridized carbons (Fsp3) is 0.231. The summed E-state index contributed by atoms with van der Waals surface area (Å²) in [4.78, 5) is 37.0. The van der Waals surface area contributed by atoms with Gasteiger partial charge in [0.05, 0.1) is 22.9 Å². The lowest BCUT2D eigenvalue weighted by molar-refractivity contribution is -0.385. The fourth-order valence-corrected chi connectivity index (χ4v) is 2.26. The predicted molar refractivity (Wildman–Crippen MR) is 73.5 cm³/mol. The van der Waals surface area contributed by atoms with Crippen LogP contribution in [0, 0.1) is 24.0 Å². The van der Waals surface area contributed by atoms with Gasteiger partial charge in [0.2, 0.25) is 0 Å². The van der Waals surface area contributed by atoms with Crippen LogP contribution in [0.2, 0.25) is 0 Å². The molecule has 0 aliphatic carbocycles. The number of methoxy groups -OCH3 is 1. The number of aryl methyl sites for hydroxylation is 2. The van der Waals surface area contributed by atoms with E-state index < -0.39 is 15.9 Å². The van der Waals surface area contributed by atoms with Gasteiger partial charge in [-0.2, -0.15) is 0 Å². The number of fused-ring (bicyclic) bond motifs is 1. The van der Waals surface area contributed by atoms with Crippen molar-refractivity contribution in [1.29, 1.82) is 0 Å². The summed E-state index contributed by atoms with van der Waals surface area (Å²) in [5.41, 5.74) is -0.336. The van der Waals surface area contributed by atoms with E-state index in [4.69, 9.17) is 4.74 Å². The fourth-order valence-electron chi connectivity index (χ4n) is 2.26. The topological polar surface area (TPSA) is 102 Å². The van der Waals surface area contributed by atoms with E-state index in [0.29, 0.717) is 5.56 Å². The third-order valence-electron chi connectivity index (χ3n) is 3.12. The van der Waals surface area contributed by atoms with Gasteiger partial charge < -0.3 is 9.72 Å². The minimum Gasteiger partial charge on any atom is -0.491 e. The second-order valence-corrected chi connectivity index (χ2v) is 4.38. The molecule has 1 aromatic heterocycles. The number of hydrogen-bond donors (Lipinski definition) is 1. The first kappa shape index (κ1) is 13.7. The van der Waals surface area contributed by atoms with Crippen LogP contribution < -0.4 is 15.7 Å². The highest BCUT2D eigenvalue weighted by Crippen LogP contribution is 2.27. The van der Waals surface area contributed by atoms with E-state index in [1.807, 2.05) is 0 Å². The molecule has 0 aliphatic heterocycles. The Morgan fingerprint density at radius 3 is 2.45 bits per heavy atom. The molecule has 0 spiro atoms. The highest BCUT2D eigenvalue weighted by molar-refractivity contribution is 5.86. The molecule has 1 N–H and O–H groups in total. The molecule has 1 heterocycles. The normalized spacial score (nSPS) is 10.6. The zero-order valence-electron chi connectivity index (χ0n) is 11.1. The Kier molecular flexibility index (Phi) is 3.27. The summed E-state index contributed by atoms with van der Waals surface area (Å²) >= 11 is 0. The molecule has 0 saturated heterocycles. The second kappa shape index (κ2) is 4.76. The maximum Gasteiger partial charge on any atom is 0.290 e. The van der Waals surface area contributed by atoms with Gasteiger partial charge in [0, 0.05) is 17.2 Å². The van der Waals surface area contributed by atoms with Crippen LogP contribution >= 0.6 is 0 Å². The molecule has 20 heavy (non-hydrogen) atoms. The van der Waals surface area contributed by atoms with Crippen molar-refractivity contribution in [1.82, 2.24) is 4.98 Å². The van der Waals surface area contributed by atoms with Gasteiger partial charge in [0.1, 0.15) is 0 Å². The van der Waals surface area contributed by atoms with Crippen LogP contribution in [0.25, 0.3) is 10.9 Å². The Bertz CT molecular complexity index is 839. The Morgan fingerprint density at radius 2 is 1.90 bits per heavy atom. The molecule has 0 amide bonds. The molecule has 0 atom stereocenters. The first-order valence-electron chi connectivity index (χ1n) is 5.76. The minimum atomic E-state index is -0.563. The van der Waals surface area contributed by atoms with Gasteiger partial charge in [-0.25, -0.2) is 0 Å². The average Bonchev–Trinajstić information content (AvgIpc) is 2.45. The van der Waals surface area contributed by atoms with Crippen LogP contribution in [-0.2, 0) is 0 Å². The molecule has 0 radical (unpaired) electrons. The second-order valence-electron chi connectivity index (χ2n) is 4.38. The maximum atomic E-state index is 12.2. The van der Waals surface area contributed by atoms with Crippen molar-refractivity contribution in [3.8, 4) is 5.75 Å². The van der Waals surface area contributed by atoms with Crippen LogP contribution in [0.1, 0.15) is 11.1 Å². The molecule has 7 nitrogen and oxygen atoms in total. The summed E-state index contributed by atoms with van der Waals surface area (Å²) in [7, 11) is 1.27. The summed E-state index contributed by atoms with van der Waals surface area (Å²) in [5, 5.41) is 11.2. The Balaban J connectivity index is 3.11. The van der Waals surface area contributed by atoms with Gasteiger partial charge in [0.25, 0.3) is 11.2 Å². The molecule has 104 valence electrons. The molecule has 0 saturated carbocycles. The first-order chi connectivity index (χ1) is 9.36. The largest absolute Gasteiger partial charge is 0.491 e. The van der Waals surface area contributed by atoms with Crippen molar-refractivity contribution in [2.24, 2.45) is 0 Å². The van der Waals surface area contributed by atoms with Crippen LogP contribution in [0.3, 0.4) is 0 Å². The lowest BCUT2D eigenvalue weighted by Gasteiger charge is -2.03. The molecule has 7 heteroatoms. The van der Waals surface area contributed by atoms with E-state index in [-0.39, 0.29) is 27.9 Å². The highest BCUT2D eigenvalue weighted by Gasteiger charge is 2.19. The van der Waals surface area contributed by atoms with Gasteiger partial charge in [0.15, 0.2) is 11.2 Å². The van der Waals surface area contributed by atoms with Crippen molar-refractivity contribution in [3.05, 3.63) is 54.0 Å². The number of aromatic nitrogens is 1. The van der Waals surface area contributed by atoms with Gasteiger partial charge in [-0.1, -0.05) is 0 Å². The number of nitrogens with zero attached hydrogens (tertiary/aromatic N) is 1. The van der Waals surface area contributed by atoms with Gasteiger partial charge >= 0.3 is 0 Å². The summed E-state index contributed by atoms with van der Waals surface area (Å²) in [6.45, 7) is 3.04. The molecular formula is C13H12N2O5. The SMILES string of the molecule is COc1cc(=O)c2c(C)c([N+](=O)[O-])c(C)cc2[nH]c1=O. The lowest BCUT2D eigenvalue weighted by Crippen LogP contribution is -2.05. The van der Waals surface area contributed by atoms with E-state index in [1.165, 1.54) is 20.1 Å². The van der Waals surface area contributed by atoms with E-state index in [9.17, 15) is 19.7 Å². The predicted octanol–water partition coefficient (Wildman–Crippen LogP) is 1.42. The molecule has 2 aromatic rings. The van der Waals surface area contributed by atoms with E-state index in [0.717, 1.165) is 6.07 Å². The molecule has 2 rings (SSSR count). The van der Waals surface area contributed by atoms with Crippen molar-refractivity contribution in [2.75, 3.05) is 7.11 Å². The number of nitro groups is 1. The molecule has 0 aliphatic rings. The zero-order chi connectivity index (χ0) is 15.0. The minimum absolute atomic E-state index is 0.114. The summed E-state index contributed by atoms with van der Waals surface area (Å²) in [6.07, 6.45) is 0. The van der Waals surface area contributed by atoms with E-state index >= 15 is 0 Å². The number of aromatic amines is 1. The molecule has 0 fully saturated rings. The van der Waals surface area contributed by atoms with Gasteiger partial charge in [-0.3, -0.25) is 19.7 Å². The zero-order valence-corrected chi connectivity index (χ0v) is 11.1. The highest BCUT2D eigenvalue weighted by atomic mass is 16.6. The molecule has 0 bridgehead atoms. The summed E-state index contributed by atoms with van der Waals surface area (Å²) in [5.74, 6) is -0.133. The van der Waals surface area contributed by atoms with E-state index in [2.05, 4.69) is 4.98 Å².